The van der Waals surface area contributed by atoms with Gasteiger partial charge >= 0.3 is 0 Å². The van der Waals surface area contributed by atoms with Crippen LogP contribution in [0.4, 0.5) is 0 Å². The average molecular weight is 238 g/mol. The van der Waals surface area contributed by atoms with Crippen LogP contribution in [0.25, 0.3) is 0 Å². The molecule has 0 spiro atoms. The summed E-state index contributed by atoms with van der Waals surface area (Å²) in [7, 11) is -3.01. The lowest BCUT2D eigenvalue weighted by Gasteiger charge is -1.99. The predicted octanol–water partition coefficient (Wildman–Crippen LogP) is 0.708. The minimum atomic E-state index is -3.01. The first-order valence-electron chi connectivity index (χ1n) is 3.12. The Bertz CT molecular complexity index is 305. The Morgan fingerprint density at radius 1 is 1.82 bits per heavy atom. The first-order valence-corrected chi connectivity index (χ1v) is 6.20. The van der Waals surface area contributed by atoms with Crippen LogP contribution in [0.3, 0.4) is 0 Å². The first-order chi connectivity index (χ1) is 4.96. The van der Waals surface area contributed by atoms with Crippen LogP contribution in [0.1, 0.15) is 6.42 Å². The fraction of sp³-hybridized carbons (Fsp3) is 0.833. The summed E-state index contributed by atoms with van der Waals surface area (Å²) in [6.45, 7) is 0. The zero-order chi connectivity index (χ0) is 8.70. The minimum Gasteiger partial charge on any atom is -0.229 e. The summed E-state index contributed by atoms with van der Waals surface area (Å²) < 4.78 is 21.9. The molecule has 0 saturated heterocycles. The summed E-state index contributed by atoms with van der Waals surface area (Å²) >= 11 is 3.14. The van der Waals surface area contributed by atoms with E-state index in [9.17, 15) is 8.42 Å². The lowest BCUT2D eigenvalue weighted by molar-refractivity contribution is 0.595. The first kappa shape index (κ1) is 9.01. The standard InChI is InChI=1S/C6H8BrNO2S/c1-11(9,10)5-2-6(5,3-7)4-8/h5H,2-3H2,1H3/t5-,6+/m0/s1. The number of nitrogens with zero attached hydrogens (tertiary/aromatic N) is 1. The van der Waals surface area contributed by atoms with Crippen molar-refractivity contribution in [2.24, 2.45) is 5.41 Å². The molecule has 11 heavy (non-hydrogen) atoms. The molecule has 0 radical (unpaired) electrons. The van der Waals surface area contributed by atoms with Crippen molar-refractivity contribution < 1.29 is 8.42 Å². The van der Waals surface area contributed by atoms with E-state index in [1.165, 1.54) is 6.26 Å². The van der Waals surface area contributed by atoms with Gasteiger partial charge in [0, 0.05) is 11.6 Å². The molecule has 2 atom stereocenters. The van der Waals surface area contributed by atoms with Crippen molar-refractivity contribution in [3.63, 3.8) is 0 Å². The quantitative estimate of drug-likeness (QED) is 0.665. The van der Waals surface area contributed by atoms with Crippen LogP contribution >= 0.6 is 15.9 Å². The average Bonchev–Trinajstić information content (AvgIpc) is 2.61. The summed E-state index contributed by atoms with van der Waals surface area (Å²) in [4.78, 5) is 0. The highest BCUT2D eigenvalue weighted by Crippen LogP contribution is 2.51. The topological polar surface area (TPSA) is 57.9 Å². The molecule has 1 aliphatic carbocycles. The van der Waals surface area contributed by atoms with Crippen LogP contribution in [0, 0.1) is 16.7 Å². The monoisotopic (exact) mass is 237 g/mol. The lowest BCUT2D eigenvalue weighted by atomic mass is 10.2. The molecule has 0 unspecified atom stereocenters. The molecule has 1 rings (SSSR count). The summed E-state index contributed by atoms with van der Waals surface area (Å²) in [5.74, 6) is 0. The normalized spacial score (nSPS) is 36.3. The highest BCUT2D eigenvalue weighted by Gasteiger charge is 2.59. The number of hydrogen-bond donors (Lipinski definition) is 0. The van der Waals surface area contributed by atoms with Gasteiger partial charge in [0.05, 0.1) is 16.7 Å². The Balaban J connectivity index is 2.84. The van der Waals surface area contributed by atoms with Crippen LogP contribution in [0.15, 0.2) is 0 Å². The fourth-order valence-electron chi connectivity index (χ4n) is 1.12. The van der Waals surface area contributed by atoms with E-state index in [0.717, 1.165) is 0 Å². The van der Waals surface area contributed by atoms with E-state index in [1.54, 1.807) is 0 Å². The molecule has 0 aromatic carbocycles. The van der Waals surface area contributed by atoms with Crippen LogP contribution in [0.5, 0.6) is 0 Å². The van der Waals surface area contributed by atoms with Gasteiger partial charge in [0.1, 0.15) is 0 Å². The Labute approximate surface area is 74.4 Å². The van der Waals surface area contributed by atoms with Crippen LogP contribution in [-0.4, -0.2) is 25.3 Å². The molecular weight excluding hydrogens is 230 g/mol. The SMILES string of the molecule is CS(=O)(=O)[C@H]1C[C@]1(C#N)CBr. The smallest absolute Gasteiger partial charge is 0.151 e. The minimum absolute atomic E-state index is 0.445. The highest BCUT2D eigenvalue weighted by molar-refractivity contribution is 9.09. The molecule has 1 fully saturated rings. The third-order valence-electron chi connectivity index (χ3n) is 1.98. The van der Waals surface area contributed by atoms with Gasteiger partial charge in [-0.15, -0.1) is 0 Å². The van der Waals surface area contributed by atoms with Gasteiger partial charge in [-0.3, -0.25) is 0 Å². The Hall–Kier alpha value is -0.0800. The molecule has 0 aliphatic heterocycles. The largest absolute Gasteiger partial charge is 0.229 e. The number of hydrogen-bond acceptors (Lipinski definition) is 3. The second-order valence-corrected chi connectivity index (χ2v) is 5.71. The summed E-state index contributed by atoms with van der Waals surface area (Å²) in [6.07, 6.45) is 1.66. The number of rotatable bonds is 2. The number of sulfone groups is 1. The molecule has 0 N–H and O–H groups in total. The number of nitriles is 1. The van der Waals surface area contributed by atoms with E-state index >= 15 is 0 Å². The van der Waals surface area contributed by atoms with Gasteiger partial charge in [0.2, 0.25) is 0 Å². The zero-order valence-corrected chi connectivity index (χ0v) is 8.44. The molecule has 0 aromatic rings. The summed E-state index contributed by atoms with van der Waals surface area (Å²) in [5.41, 5.74) is -0.631. The molecule has 5 heteroatoms. The Morgan fingerprint density at radius 3 is 2.45 bits per heavy atom. The number of halogens is 1. The van der Waals surface area contributed by atoms with Crippen molar-refractivity contribution >= 4 is 25.8 Å². The van der Waals surface area contributed by atoms with E-state index in [2.05, 4.69) is 15.9 Å². The third-order valence-corrected chi connectivity index (χ3v) is 4.64. The van der Waals surface area contributed by atoms with Gasteiger partial charge < -0.3 is 0 Å². The maximum absolute atomic E-state index is 11.0. The van der Waals surface area contributed by atoms with Gasteiger partial charge in [-0.05, 0) is 6.42 Å². The van der Waals surface area contributed by atoms with Crippen LogP contribution < -0.4 is 0 Å². The van der Waals surface area contributed by atoms with Crippen molar-refractivity contribution in [2.75, 3.05) is 11.6 Å². The van der Waals surface area contributed by atoms with Gasteiger partial charge in [0.15, 0.2) is 9.84 Å². The Kier molecular flexibility index (Phi) is 2.01. The molecule has 0 bridgehead atoms. The second kappa shape index (κ2) is 2.46. The highest BCUT2D eigenvalue weighted by atomic mass is 79.9. The molecule has 62 valence electrons. The van der Waals surface area contributed by atoms with Crippen molar-refractivity contribution in [3.8, 4) is 6.07 Å². The van der Waals surface area contributed by atoms with Crippen molar-refractivity contribution in [1.29, 1.82) is 5.26 Å². The van der Waals surface area contributed by atoms with Crippen LogP contribution in [0.2, 0.25) is 0 Å². The van der Waals surface area contributed by atoms with E-state index in [0.29, 0.717) is 11.8 Å². The Morgan fingerprint density at radius 2 is 2.36 bits per heavy atom. The van der Waals surface area contributed by atoms with Crippen LogP contribution in [-0.2, 0) is 9.84 Å². The van der Waals surface area contributed by atoms with Gasteiger partial charge in [-0.25, -0.2) is 8.42 Å². The second-order valence-electron chi connectivity index (χ2n) is 2.92. The predicted molar refractivity (Wildman–Crippen MR) is 45.1 cm³/mol. The third kappa shape index (κ3) is 1.42. The van der Waals surface area contributed by atoms with E-state index in [-0.39, 0.29) is 0 Å². The van der Waals surface area contributed by atoms with Gasteiger partial charge in [0.25, 0.3) is 0 Å². The van der Waals surface area contributed by atoms with Gasteiger partial charge in [-0.2, -0.15) is 5.26 Å². The maximum Gasteiger partial charge on any atom is 0.151 e. The van der Waals surface area contributed by atoms with Crippen molar-refractivity contribution in [1.82, 2.24) is 0 Å². The van der Waals surface area contributed by atoms with Crippen molar-refractivity contribution in [2.45, 2.75) is 11.7 Å². The summed E-state index contributed by atoms with van der Waals surface area (Å²) in [5, 5.41) is 8.65. The summed E-state index contributed by atoms with van der Waals surface area (Å²) in [6, 6.07) is 2.03. The molecule has 0 heterocycles. The van der Waals surface area contributed by atoms with E-state index in [1.807, 2.05) is 6.07 Å². The zero-order valence-electron chi connectivity index (χ0n) is 6.04. The molecule has 1 saturated carbocycles. The molecular formula is C6H8BrNO2S. The van der Waals surface area contributed by atoms with Gasteiger partial charge in [-0.1, -0.05) is 15.9 Å². The van der Waals surface area contributed by atoms with E-state index in [4.69, 9.17) is 5.26 Å². The van der Waals surface area contributed by atoms with E-state index < -0.39 is 20.5 Å². The molecule has 1 aliphatic rings. The lowest BCUT2D eigenvalue weighted by Crippen LogP contribution is -2.14. The molecule has 0 aromatic heterocycles. The number of alkyl halides is 1. The molecule has 3 nitrogen and oxygen atoms in total. The fourth-order valence-corrected chi connectivity index (χ4v) is 3.64. The van der Waals surface area contributed by atoms with Crippen molar-refractivity contribution in [3.05, 3.63) is 0 Å². The molecule has 0 amide bonds. The maximum atomic E-state index is 11.0.